The Balaban J connectivity index is 2.18. The molecule has 1 unspecified atom stereocenters. The van der Waals surface area contributed by atoms with E-state index in [1.54, 1.807) is 6.08 Å². The fraction of sp³-hybridized carbons (Fsp3) is 0.636. The van der Waals surface area contributed by atoms with Gasteiger partial charge in [-0.1, -0.05) is 13.8 Å². The Morgan fingerprint density at radius 2 is 2.27 bits per heavy atom. The van der Waals surface area contributed by atoms with E-state index in [1.807, 2.05) is 11.1 Å². The highest BCUT2D eigenvalue weighted by atomic mass is 15.5. The van der Waals surface area contributed by atoms with Gasteiger partial charge in [-0.2, -0.15) is 5.10 Å². The van der Waals surface area contributed by atoms with Crippen molar-refractivity contribution in [2.24, 2.45) is 21.7 Å². The number of hydrogen-bond acceptors (Lipinski definition) is 4. The van der Waals surface area contributed by atoms with Crippen LogP contribution in [0.2, 0.25) is 0 Å². The molecule has 4 heteroatoms. The lowest BCUT2D eigenvalue weighted by Crippen LogP contribution is -2.34. The Kier molecular flexibility index (Phi) is 2.29. The number of fused-ring (bicyclic) bond motifs is 1. The summed E-state index contributed by atoms with van der Waals surface area (Å²) in [6, 6.07) is 0. The van der Waals surface area contributed by atoms with Gasteiger partial charge in [0.2, 0.25) is 0 Å². The molecule has 2 N–H and O–H groups in total. The van der Waals surface area contributed by atoms with Crippen LogP contribution in [0, 0.1) is 5.92 Å². The van der Waals surface area contributed by atoms with Crippen LogP contribution in [0.5, 0.6) is 0 Å². The molecule has 0 spiro atoms. The van der Waals surface area contributed by atoms with Crippen LogP contribution < -0.4 is 5.73 Å². The number of aliphatic imine (C=N–C) groups is 1. The fourth-order valence-corrected chi connectivity index (χ4v) is 2.31. The minimum Gasteiger partial charge on any atom is -0.382 e. The first-order valence-corrected chi connectivity index (χ1v) is 5.38. The standard InChI is InChI=1S/C11H18N4/c1-8(2)6-11(3)7-15-10(13-11)5-4-9(12)14-15/h4-5,8H,6-7H2,1-3H3,(H2,12,14). The van der Waals surface area contributed by atoms with Crippen LogP contribution in [0.1, 0.15) is 27.2 Å². The van der Waals surface area contributed by atoms with Gasteiger partial charge in [0.15, 0.2) is 0 Å². The number of hydrogen-bond donors (Lipinski definition) is 1. The maximum Gasteiger partial charge on any atom is 0.144 e. The second-order valence-corrected chi connectivity index (χ2v) is 4.98. The molecule has 2 rings (SSSR count). The summed E-state index contributed by atoms with van der Waals surface area (Å²) in [6.45, 7) is 7.45. The van der Waals surface area contributed by atoms with E-state index in [0.717, 1.165) is 18.8 Å². The van der Waals surface area contributed by atoms with Gasteiger partial charge in [0.05, 0.1) is 12.1 Å². The highest BCUT2D eigenvalue weighted by Gasteiger charge is 2.35. The average Bonchev–Trinajstić information content (AvgIpc) is 2.38. The van der Waals surface area contributed by atoms with Crippen molar-refractivity contribution in [1.82, 2.24) is 5.01 Å². The minimum atomic E-state index is -0.0119. The molecule has 0 saturated carbocycles. The summed E-state index contributed by atoms with van der Waals surface area (Å²) >= 11 is 0. The van der Waals surface area contributed by atoms with Crippen LogP contribution in [0.25, 0.3) is 0 Å². The quantitative estimate of drug-likeness (QED) is 0.741. The number of hydrazone groups is 1. The van der Waals surface area contributed by atoms with Gasteiger partial charge in [0.1, 0.15) is 11.7 Å². The Hall–Kier alpha value is -1.32. The number of nitrogens with zero attached hydrogens (tertiary/aromatic N) is 3. The summed E-state index contributed by atoms with van der Waals surface area (Å²) < 4.78 is 0. The van der Waals surface area contributed by atoms with E-state index in [2.05, 4.69) is 25.9 Å². The summed E-state index contributed by atoms with van der Waals surface area (Å²) in [4.78, 5) is 4.71. The molecular weight excluding hydrogens is 188 g/mol. The second-order valence-electron chi connectivity index (χ2n) is 4.98. The first-order valence-electron chi connectivity index (χ1n) is 5.38. The molecule has 0 aliphatic carbocycles. The lowest BCUT2D eigenvalue weighted by atomic mass is 9.92. The van der Waals surface area contributed by atoms with E-state index in [-0.39, 0.29) is 5.54 Å². The van der Waals surface area contributed by atoms with Gasteiger partial charge in [0, 0.05) is 0 Å². The van der Waals surface area contributed by atoms with Crippen LogP contribution in [-0.2, 0) is 0 Å². The average molecular weight is 206 g/mol. The van der Waals surface area contributed by atoms with Crippen molar-refractivity contribution in [1.29, 1.82) is 0 Å². The molecule has 2 aliphatic rings. The monoisotopic (exact) mass is 206 g/mol. The summed E-state index contributed by atoms with van der Waals surface area (Å²) in [5, 5.41) is 6.16. The topological polar surface area (TPSA) is 54.0 Å². The van der Waals surface area contributed by atoms with Gasteiger partial charge in [-0.25, -0.2) is 5.01 Å². The van der Waals surface area contributed by atoms with E-state index < -0.39 is 0 Å². The Morgan fingerprint density at radius 3 is 2.93 bits per heavy atom. The summed E-state index contributed by atoms with van der Waals surface area (Å²) in [5.41, 5.74) is 5.64. The highest BCUT2D eigenvalue weighted by molar-refractivity contribution is 6.05. The molecule has 1 atom stereocenters. The van der Waals surface area contributed by atoms with Gasteiger partial charge < -0.3 is 5.73 Å². The van der Waals surface area contributed by atoms with Crippen molar-refractivity contribution < 1.29 is 0 Å². The smallest absolute Gasteiger partial charge is 0.144 e. The van der Waals surface area contributed by atoms with Crippen molar-refractivity contribution in [3.8, 4) is 0 Å². The lowest BCUT2D eigenvalue weighted by Gasteiger charge is -2.23. The van der Waals surface area contributed by atoms with Gasteiger partial charge in [-0.3, -0.25) is 4.99 Å². The summed E-state index contributed by atoms with van der Waals surface area (Å²) in [5.74, 6) is 2.14. The Bertz CT molecular complexity index is 354. The van der Waals surface area contributed by atoms with Crippen LogP contribution in [0.15, 0.2) is 22.2 Å². The molecule has 4 nitrogen and oxygen atoms in total. The first kappa shape index (κ1) is 10.2. The van der Waals surface area contributed by atoms with E-state index >= 15 is 0 Å². The van der Waals surface area contributed by atoms with Gasteiger partial charge in [-0.05, 0) is 31.4 Å². The zero-order valence-electron chi connectivity index (χ0n) is 9.57. The molecule has 2 heterocycles. The zero-order chi connectivity index (χ0) is 11.1. The maximum atomic E-state index is 5.65. The van der Waals surface area contributed by atoms with Crippen molar-refractivity contribution in [3.63, 3.8) is 0 Å². The SMILES string of the molecule is CC(C)CC1(C)CN2N=C(N)C=CC2=N1. The fourth-order valence-electron chi connectivity index (χ4n) is 2.31. The molecule has 0 fully saturated rings. The van der Waals surface area contributed by atoms with Gasteiger partial charge >= 0.3 is 0 Å². The number of nitrogens with two attached hydrogens (primary N) is 1. The number of rotatable bonds is 2. The molecular formula is C11H18N4. The lowest BCUT2D eigenvalue weighted by molar-refractivity contribution is 0.320. The summed E-state index contributed by atoms with van der Waals surface area (Å²) in [7, 11) is 0. The van der Waals surface area contributed by atoms with E-state index in [0.29, 0.717) is 11.8 Å². The normalized spacial score (nSPS) is 29.2. The third-order valence-corrected chi connectivity index (χ3v) is 2.63. The minimum absolute atomic E-state index is 0.0119. The van der Waals surface area contributed by atoms with Crippen LogP contribution >= 0.6 is 0 Å². The Labute approximate surface area is 90.5 Å². The van der Waals surface area contributed by atoms with Crippen molar-refractivity contribution in [2.45, 2.75) is 32.7 Å². The van der Waals surface area contributed by atoms with Crippen LogP contribution in [0.4, 0.5) is 0 Å². The molecule has 0 radical (unpaired) electrons. The molecule has 2 aliphatic heterocycles. The molecule has 15 heavy (non-hydrogen) atoms. The molecule has 0 aromatic rings. The predicted molar refractivity (Wildman–Crippen MR) is 62.8 cm³/mol. The summed E-state index contributed by atoms with van der Waals surface area (Å²) in [6.07, 6.45) is 4.82. The molecule has 0 amide bonds. The Morgan fingerprint density at radius 1 is 1.53 bits per heavy atom. The van der Waals surface area contributed by atoms with Gasteiger partial charge in [0.25, 0.3) is 0 Å². The molecule has 82 valence electrons. The second kappa shape index (κ2) is 3.36. The molecule has 0 bridgehead atoms. The van der Waals surface area contributed by atoms with Crippen LogP contribution in [0.3, 0.4) is 0 Å². The molecule has 0 saturated heterocycles. The maximum absolute atomic E-state index is 5.65. The van der Waals surface area contributed by atoms with E-state index in [1.165, 1.54) is 0 Å². The molecule has 0 aromatic heterocycles. The first-order chi connectivity index (χ1) is 6.98. The van der Waals surface area contributed by atoms with Crippen molar-refractivity contribution in [2.75, 3.05) is 6.54 Å². The third-order valence-electron chi connectivity index (χ3n) is 2.63. The van der Waals surface area contributed by atoms with Crippen molar-refractivity contribution in [3.05, 3.63) is 12.2 Å². The highest BCUT2D eigenvalue weighted by Crippen LogP contribution is 2.29. The molecule has 0 aromatic carbocycles. The van der Waals surface area contributed by atoms with E-state index in [4.69, 9.17) is 10.7 Å². The van der Waals surface area contributed by atoms with Gasteiger partial charge in [-0.15, -0.1) is 0 Å². The predicted octanol–water partition coefficient (Wildman–Crippen LogP) is 1.35. The van der Waals surface area contributed by atoms with Crippen molar-refractivity contribution >= 4 is 11.7 Å². The van der Waals surface area contributed by atoms with Crippen LogP contribution in [-0.4, -0.2) is 28.8 Å². The third kappa shape index (κ3) is 2.03. The van der Waals surface area contributed by atoms with E-state index in [9.17, 15) is 0 Å². The zero-order valence-corrected chi connectivity index (χ0v) is 9.57. The largest absolute Gasteiger partial charge is 0.382 e. The number of amidine groups is 2.